The molecule has 1 unspecified atom stereocenters. The molecule has 0 aromatic heterocycles. The van der Waals surface area contributed by atoms with Gasteiger partial charge in [-0.2, -0.15) is 0 Å². The second-order valence-corrected chi connectivity index (χ2v) is 15.0. The molecule has 0 fully saturated rings. The lowest BCUT2D eigenvalue weighted by atomic mass is 10.1. The third-order valence-electron chi connectivity index (χ3n) is 7.50. The van der Waals surface area contributed by atoms with Crippen LogP contribution in [0.25, 0.3) is 0 Å². The first-order chi connectivity index (χ1) is 24.5. The summed E-state index contributed by atoms with van der Waals surface area (Å²) < 4.78 is 33.6. The molecule has 0 radical (unpaired) electrons. The lowest BCUT2D eigenvalue weighted by Gasteiger charge is -2.28. The number of nitrogens with zero attached hydrogens (tertiary/aromatic N) is 1. The normalized spacial score (nSPS) is 14.5. The van der Waals surface area contributed by atoms with Crippen LogP contribution in [0.1, 0.15) is 123 Å². The van der Waals surface area contributed by atoms with Crippen molar-refractivity contribution in [2.24, 2.45) is 0 Å². The summed E-state index contributed by atoms with van der Waals surface area (Å²) in [6.07, 6.45) is 39.6. The van der Waals surface area contributed by atoms with Crippen LogP contribution in [0.15, 0.2) is 72.9 Å². The highest BCUT2D eigenvalue weighted by atomic mass is 31.2. The van der Waals surface area contributed by atoms with E-state index in [0.717, 1.165) is 57.8 Å². The smallest absolute Gasteiger partial charge is 0.306 e. The van der Waals surface area contributed by atoms with Gasteiger partial charge in [-0.25, -0.2) is 0 Å². The van der Waals surface area contributed by atoms with Crippen molar-refractivity contribution in [1.29, 1.82) is 0 Å². The van der Waals surface area contributed by atoms with Gasteiger partial charge in [0.1, 0.15) is 19.8 Å². The van der Waals surface area contributed by atoms with E-state index in [-0.39, 0.29) is 26.1 Å². The Labute approximate surface area is 310 Å². The van der Waals surface area contributed by atoms with E-state index in [1.165, 1.54) is 25.7 Å². The molecule has 2 atom stereocenters. The van der Waals surface area contributed by atoms with Crippen LogP contribution in [-0.2, 0) is 32.7 Å². The number of carbonyl (C=O) groups is 2. The first-order valence-corrected chi connectivity index (χ1v) is 20.6. The highest BCUT2D eigenvalue weighted by Gasteiger charge is 2.21. The van der Waals surface area contributed by atoms with Crippen molar-refractivity contribution in [2.45, 2.75) is 129 Å². The summed E-state index contributed by atoms with van der Waals surface area (Å²) in [5.74, 6) is -0.946. The van der Waals surface area contributed by atoms with E-state index in [1.807, 2.05) is 33.3 Å². The number of likely N-dealkylation sites (N-methyl/N-ethyl adjacent to an activating group) is 1. The summed E-state index contributed by atoms with van der Waals surface area (Å²) in [5, 5.41) is 0. The average Bonchev–Trinajstić information content (AvgIpc) is 3.07. The predicted molar refractivity (Wildman–Crippen MR) is 208 cm³/mol. The lowest BCUT2D eigenvalue weighted by molar-refractivity contribution is -0.870. The standard InChI is InChI=1S/C41H70NO8P/c1-6-8-10-12-14-16-17-18-19-20-21-22-23-24-25-26-28-29-31-33-40(43)47-37-39(38-49-51(45,46)48-36-35-42(3,4)5)50-41(44)34-32-30-27-15-13-11-9-7-2/h8,10,14,16,18-19,21-22,24-25,28-29,39H,6-7,9,11-13,15,17,20,23,26-27,30-38H2,1-5H3/b10-8+,16-14+,19-18+,22-21+,25-24+,29-28+/t39-/m0/s1. The zero-order valence-electron chi connectivity index (χ0n) is 32.5. The minimum absolute atomic E-state index is 0.0449. The highest BCUT2D eigenvalue weighted by molar-refractivity contribution is 7.45. The van der Waals surface area contributed by atoms with Gasteiger partial charge < -0.3 is 27.9 Å². The molecule has 0 amide bonds. The number of esters is 2. The Morgan fingerprint density at radius 2 is 1.12 bits per heavy atom. The SMILES string of the molecule is CC/C=C/C/C=C/C/C=C/C/C=C/C/C=C/C/C=C/CCC(=O)OC[C@@H](COP(=O)([O-])OCC[N+](C)(C)C)OC(=O)CCCCCCCCCC. The second kappa shape index (κ2) is 33.3. The summed E-state index contributed by atoms with van der Waals surface area (Å²) in [4.78, 5) is 37.2. The number of phosphoric ester groups is 1. The number of hydrogen-bond acceptors (Lipinski definition) is 8. The van der Waals surface area contributed by atoms with Crippen molar-refractivity contribution in [2.75, 3.05) is 47.5 Å². The Morgan fingerprint density at radius 3 is 1.63 bits per heavy atom. The quantitative estimate of drug-likeness (QED) is 0.0215. The van der Waals surface area contributed by atoms with Crippen molar-refractivity contribution in [1.82, 2.24) is 0 Å². The van der Waals surface area contributed by atoms with Crippen molar-refractivity contribution in [3.05, 3.63) is 72.9 Å². The number of unbranched alkanes of at least 4 members (excludes halogenated alkanes) is 7. The molecule has 0 saturated carbocycles. The van der Waals surface area contributed by atoms with E-state index in [2.05, 4.69) is 74.6 Å². The third kappa shape index (κ3) is 37.0. The van der Waals surface area contributed by atoms with Crippen molar-refractivity contribution in [3.63, 3.8) is 0 Å². The van der Waals surface area contributed by atoms with Gasteiger partial charge in [-0.15, -0.1) is 0 Å². The summed E-state index contributed by atoms with van der Waals surface area (Å²) in [6, 6.07) is 0. The summed E-state index contributed by atoms with van der Waals surface area (Å²) in [7, 11) is 1.11. The van der Waals surface area contributed by atoms with Crippen LogP contribution in [0.4, 0.5) is 0 Å². The third-order valence-corrected chi connectivity index (χ3v) is 8.47. The zero-order chi connectivity index (χ0) is 37.9. The Morgan fingerprint density at radius 1 is 0.627 bits per heavy atom. The molecule has 0 heterocycles. The number of allylic oxidation sites excluding steroid dienone is 12. The topological polar surface area (TPSA) is 111 Å². The lowest BCUT2D eigenvalue weighted by Crippen LogP contribution is -2.37. The Balaban J connectivity index is 4.50. The highest BCUT2D eigenvalue weighted by Crippen LogP contribution is 2.38. The Hall–Kier alpha value is -2.55. The molecule has 0 bridgehead atoms. The number of carbonyl (C=O) groups excluding carboxylic acids is 2. The molecule has 0 N–H and O–H groups in total. The van der Waals surface area contributed by atoms with Crippen LogP contribution >= 0.6 is 7.82 Å². The molecule has 0 aliphatic carbocycles. The minimum atomic E-state index is -4.63. The molecule has 0 spiro atoms. The van der Waals surface area contributed by atoms with Crippen molar-refractivity contribution < 1.29 is 42.1 Å². The van der Waals surface area contributed by atoms with Crippen LogP contribution in [-0.4, -0.2) is 70.0 Å². The number of hydrogen-bond donors (Lipinski definition) is 0. The van der Waals surface area contributed by atoms with Crippen LogP contribution in [0, 0.1) is 0 Å². The largest absolute Gasteiger partial charge is 0.756 e. The Bertz CT molecular complexity index is 1100. The molecular formula is C41H70NO8P. The molecule has 0 aliphatic rings. The van der Waals surface area contributed by atoms with Crippen LogP contribution in [0.2, 0.25) is 0 Å². The number of phosphoric acid groups is 1. The number of rotatable bonds is 33. The van der Waals surface area contributed by atoms with Gasteiger partial charge in [-0.05, 0) is 51.4 Å². The fourth-order valence-electron chi connectivity index (χ4n) is 4.50. The molecule has 9 nitrogen and oxygen atoms in total. The van der Waals surface area contributed by atoms with Crippen molar-refractivity contribution in [3.8, 4) is 0 Å². The molecule has 0 aliphatic heterocycles. The van der Waals surface area contributed by atoms with E-state index >= 15 is 0 Å². The molecule has 0 rings (SSSR count). The zero-order valence-corrected chi connectivity index (χ0v) is 33.4. The Kier molecular flexibility index (Phi) is 31.6. The first-order valence-electron chi connectivity index (χ1n) is 19.1. The predicted octanol–water partition coefficient (Wildman–Crippen LogP) is 9.66. The summed E-state index contributed by atoms with van der Waals surface area (Å²) in [6.45, 7) is 3.95. The molecule has 0 saturated heterocycles. The van der Waals surface area contributed by atoms with E-state index in [1.54, 1.807) is 0 Å². The average molecular weight is 736 g/mol. The fourth-order valence-corrected chi connectivity index (χ4v) is 5.23. The number of quaternary nitrogens is 1. The monoisotopic (exact) mass is 735 g/mol. The van der Waals surface area contributed by atoms with E-state index < -0.39 is 32.5 Å². The van der Waals surface area contributed by atoms with Crippen LogP contribution < -0.4 is 4.89 Å². The molecule has 0 aromatic rings. The second-order valence-electron chi connectivity index (χ2n) is 13.6. The maximum atomic E-state index is 12.5. The van der Waals surface area contributed by atoms with E-state index in [0.29, 0.717) is 23.9 Å². The number of ether oxygens (including phenoxy) is 2. The van der Waals surface area contributed by atoms with Gasteiger partial charge >= 0.3 is 11.9 Å². The maximum Gasteiger partial charge on any atom is 0.306 e. The van der Waals surface area contributed by atoms with Gasteiger partial charge in [0.05, 0.1) is 27.7 Å². The maximum absolute atomic E-state index is 12.5. The van der Waals surface area contributed by atoms with Gasteiger partial charge in [0.2, 0.25) is 0 Å². The molecule has 292 valence electrons. The van der Waals surface area contributed by atoms with Gasteiger partial charge in [-0.1, -0.05) is 132 Å². The van der Waals surface area contributed by atoms with Crippen LogP contribution in [0.5, 0.6) is 0 Å². The molecule has 51 heavy (non-hydrogen) atoms. The fraction of sp³-hybridized carbons (Fsp3) is 0.659. The molecular weight excluding hydrogens is 665 g/mol. The van der Waals surface area contributed by atoms with Gasteiger partial charge in [0, 0.05) is 12.8 Å². The first kappa shape index (κ1) is 48.5. The summed E-state index contributed by atoms with van der Waals surface area (Å²) >= 11 is 0. The minimum Gasteiger partial charge on any atom is -0.756 e. The molecule has 0 aromatic carbocycles. The van der Waals surface area contributed by atoms with Crippen LogP contribution in [0.3, 0.4) is 0 Å². The summed E-state index contributed by atoms with van der Waals surface area (Å²) in [5.41, 5.74) is 0. The van der Waals surface area contributed by atoms with Gasteiger partial charge in [0.25, 0.3) is 7.82 Å². The van der Waals surface area contributed by atoms with Gasteiger partial charge in [-0.3, -0.25) is 14.2 Å². The van der Waals surface area contributed by atoms with E-state index in [4.69, 9.17) is 18.5 Å². The van der Waals surface area contributed by atoms with E-state index in [9.17, 15) is 19.0 Å². The van der Waals surface area contributed by atoms with Crippen molar-refractivity contribution >= 4 is 19.8 Å². The molecule has 10 heteroatoms. The van der Waals surface area contributed by atoms with Gasteiger partial charge in [0.15, 0.2) is 6.10 Å².